The first-order chi connectivity index (χ1) is 16.7. The van der Waals surface area contributed by atoms with Gasteiger partial charge in [-0.25, -0.2) is 0 Å². The maximum atomic E-state index is 11.2. The zero-order valence-corrected chi connectivity index (χ0v) is 19.3. The zero-order chi connectivity index (χ0) is 23.9. The van der Waals surface area contributed by atoms with Crippen molar-refractivity contribution in [1.82, 2.24) is 29.5 Å². The van der Waals surface area contributed by atoms with Crippen LogP contribution < -0.4 is 0 Å². The summed E-state index contributed by atoms with van der Waals surface area (Å²) in [6.07, 6.45) is -3.02. The summed E-state index contributed by atoms with van der Waals surface area (Å²) in [5.74, 6) is 0.470. The Bertz CT molecular complexity index is 1220. The third-order valence-corrected chi connectivity index (χ3v) is 6.30. The highest BCUT2D eigenvalue weighted by atomic mass is 32.2. The highest BCUT2D eigenvalue weighted by molar-refractivity contribution is 7.99. The highest BCUT2D eigenvalue weighted by Gasteiger charge is 2.32. The summed E-state index contributed by atoms with van der Waals surface area (Å²) in [6.45, 7) is 0. The van der Waals surface area contributed by atoms with Crippen LogP contribution in [0.3, 0.4) is 0 Å². The fraction of sp³-hybridized carbons (Fsp3) is 0.182. The second-order valence-electron chi connectivity index (χ2n) is 6.81. The molecule has 0 aliphatic rings. The summed E-state index contributed by atoms with van der Waals surface area (Å²) >= 11 is 2.34. The third kappa shape index (κ3) is 4.81. The molecule has 0 saturated carbocycles. The highest BCUT2D eigenvalue weighted by Crippen LogP contribution is 2.33. The van der Waals surface area contributed by atoms with E-state index >= 15 is 0 Å². The van der Waals surface area contributed by atoms with E-state index in [0.717, 1.165) is 0 Å². The number of nitriles is 2. The monoisotopic (exact) mass is 490 g/mol. The molecule has 2 aromatic heterocycles. The number of hydrogen-bond donors (Lipinski definition) is 2. The van der Waals surface area contributed by atoms with Gasteiger partial charge in [-0.3, -0.25) is 9.13 Å². The summed E-state index contributed by atoms with van der Waals surface area (Å²) in [5.41, 5.74) is 1.34. The number of benzene rings is 2. The molecule has 0 saturated heterocycles. The van der Waals surface area contributed by atoms with Crippen molar-refractivity contribution < 1.29 is 10.2 Å². The number of rotatable bonds is 9. The minimum absolute atomic E-state index is 0.0907. The van der Waals surface area contributed by atoms with Crippen molar-refractivity contribution in [3.63, 3.8) is 0 Å². The lowest BCUT2D eigenvalue weighted by Gasteiger charge is -2.19. The summed E-state index contributed by atoms with van der Waals surface area (Å²) in [4.78, 5) is 0. The molecule has 170 valence electrons. The average Bonchev–Trinajstić information content (AvgIpc) is 3.50. The van der Waals surface area contributed by atoms with Gasteiger partial charge in [-0.1, -0.05) is 59.9 Å². The molecule has 34 heavy (non-hydrogen) atoms. The maximum absolute atomic E-state index is 11.2. The molecule has 0 bridgehead atoms. The molecule has 2 aromatic carbocycles. The van der Waals surface area contributed by atoms with Crippen molar-refractivity contribution >= 4 is 23.5 Å². The van der Waals surface area contributed by atoms with Crippen LogP contribution >= 0.6 is 23.5 Å². The predicted molar refractivity (Wildman–Crippen MR) is 125 cm³/mol. The van der Waals surface area contributed by atoms with Gasteiger partial charge in [0.15, 0.2) is 22.0 Å². The standard InChI is InChI=1S/C22H18N8O2S2/c23-11-13-33-21-27-25-19(29(21)15-7-3-1-4-8-15)17(31)18(32)20-26-28-22(34-14-12-24)30(20)16-9-5-2-6-10-16/h1-10,17-18,31-32H,13-14H2/t17-,18-/m0/s1. The van der Waals surface area contributed by atoms with Crippen LogP contribution in [0.1, 0.15) is 23.9 Å². The molecule has 2 heterocycles. The number of para-hydroxylation sites is 2. The second kappa shape index (κ2) is 11.0. The van der Waals surface area contributed by atoms with Crippen LogP contribution in [0.2, 0.25) is 0 Å². The van der Waals surface area contributed by atoms with Crippen molar-refractivity contribution in [3.05, 3.63) is 72.3 Å². The Morgan fingerprint density at radius 3 is 1.41 bits per heavy atom. The largest absolute Gasteiger partial charge is 0.382 e. The van der Waals surface area contributed by atoms with Gasteiger partial charge in [0.25, 0.3) is 0 Å². The maximum Gasteiger partial charge on any atom is 0.196 e. The molecule has 0 radical (unpaired) electrons. The number of aromatic nitrogens is 6. The Hall–Kier alpha value is -3.68. The molecule has 0 aliphatic carbocycles. The summed E-state index contributed by atoms with van der Waals surface area (Å²) in [6, 6.07) is 22.3. The summed E-state index contributed by atoms with van der Waals surface area (Å²) < 4.78 is 3.20. The Morgan fingerprint density at radius 1 is 0.676 bits per heavy atom. The molecule has 0 amide bonds. The van der Waals surface area contributed by atoms with E-state index in [-0.39, 0.29) is 23.2 Å². The van der Waals surface area contributed by atoms with E-state index in [4.69, 9.17) is 10.5 Å². The molecule has 2 N–H and O–H groups in total. The molecule has 12 heteroatoms. The quantitative estimate of drug-likeness (QED) is 0.335. The molecule has 10 nitrogen and oxygen atoms in total. The molecule has 4 aromatic rings. The molecule has 0 unspecified atom stereocenters. The van der Waals surface area contributed by atoms with Gasteiger partial charge in [0.1, 0.15) is 12.2 Å². The number of thioether (sulfide) groups is 2. The van der Waals surface area contributed by atoms with Gasteiger partial charge in [0.2, 0.25) is 0 Å². The topological polar surface area (TPSA) is 149 Å². The van der Waals surface area contributed by atoms with Crippen LogP contribution in [0.25, 0.3) is 11.4 Å². The van der Waals surface area contributed by atoms with E-state index < -0.39 is 12.2 Å². The van der Waals surface area contributed by atoms with E-state index in [9.17, 15) is 10.2 Å². The normalized spacial score (nSPS) is 12.6. The van der Waals surface area contributed by atoms with E-state index in [1.807, 2.05) is 60.7 Å². The van der Waals surface area contributed by atoms with Gasteiger partial charge in [-0.05, 0) is 24.3 Å². The molecule has 0 fully saturated rings. The lowest BCUT2D eigenvalue weighted by molar-refractivity contribution is 0.00399. The van der Waals surface area contributed by atoms with E-state index in [1.54, 1.807) is 9.13 Å². The molecular formula is C22H18N8O2S2. The zero-order valence-electron chi connectivity index (χ0n) is 17.6. The van der Waals surface area contributed by atoms with Crippen LogP contribution in [0.4, 0.5) is 0 Å². The van der Waals surface area contributed by atoms with Crippen molar-refractivity contribution in [1.29, 1.82) is 10.5 Å². The lowest BCUT2D eigenvalue weighted by atomic mass is 10.1. The second-order valence-corrected chi connectivity index (χ2v) is 8.69. The molecular weight excluding hydrogens is 472 g/mol. The lowest BCUT2D eigenvalue weighted by Crippen LogP contribution is -2.19. The molecule has 0 spiro atoms. The smallest absolute Gasteiger partial charge is 0.196 e. The summed E-state index contributed by atoms with van der Waals surface area (Å²) in [7, 11) is 0. The first-order valence-electron chi connectivity index (χ1n) is 10.0. The minimum atomic E-state index is -1.51. The van der Waals surface area contributed by atoms with Crippen LogP contribution in [-0.4, -0.2) is 51.2 Å². The van der Waals surface area contributed by atoms with Gasteiger partial charge in [0, 0.05) is 11.4 Å². The fourth-order valence-electron chi connectivity index (χ4n) is 3.25. The molecule has 0 aliphatic heterocycles. The Labute approximate surface area is 203 Å². The van der Waals surface area contributed by atoms with Gasteiger partial charge in [0.05, 0.1) is 23.6 Å². The average molecular weight is 491 g/mol. The van der Waals surface area contributed by atoms with Crippen LogP contribution in [0.15, 0.2) is 71.0 Å². The number of nitrogens with zero attached hydrogens (tertiary/aromatic N) is 8. The van der Waals surface area contributed by atoms with Crippen LogP contribution in [-0.2, 0) is 0 Å². The van der Waals surface area contributed by atoms with Gasteiger partial charge in [-0.15, -0.1) is 20.4 Å². The van der Waals surface area contributed by atoms with Crippen molar-refractivity contribution in [3.8, 4) is 23.5 Å². The minimum Gasteiger partial charge on any atom is -0.382 e. The summed E-state index contributed by atoms with van der Waals surface area (Å²) in [5, 5.41) is 57.7. The van der Waals surface area contributed by atoms with E-state index in [2.05, 4.69) is 32.5 Å². The van der Waals surface area contributed by atoms with Gasteiger partial charge >= 0.3 is 0 Å². The third-order valence-electron chi connectivity index (χ3n) is 4.71. The Balaban J connectivity index is 1.76. The van der Waals surface area contributed by atoms with Gasteiger partial charge < -0.3 is 10.2 Å². The number of hydrogen-bond acceptors (Lipinski definition) is 10. The SMILES string of the molecule is N#CCSc1nnc([C@@H](O)[C@H](O)c2nnc(SCC#N)n2-c2ccccc2)n1-c1ccccc1. The molecule has 4 rings (SSSR count). The van der Waals surface area contributed by atoms with E-state index in [1.165, 1.54) is 23.5 Å². The Kier molecular flexibility index (Phi) is 7.57. The van der Waals surface area contributed by atoms with Crippen molar-refractivity contribution in [2.45, 2.75) is 22.5 Å². The predicted octanol–water partition coefficient (Wildman–Crippen LogP) is 2.85. The fourth-order valence-corrected chi connectivity index (χ4v) is 4.49. The first-order valence-corrected chi connectivity index (χ1v) is 12.0. The van der Waals surface area contributed by atoms with Crippen molar-refractivity contribution in [2.24, 2.45) is 0 Å². The van der Waals surface area contributed by atoms with Crippen molar-refractivity contribution in [2.75, 3.05) is 11.5 Å². The van der Waals surface area contributed by atoms with E-state index in [0.29, 0.717) is 21.7 Å². The molecule has 2 atom stereocenters. The number of aliphatic hydroxyl groups excluding tert-OH is 2. The van der Waals surface area contributed by atoms with Crippen LogP contribution in [0.5, 0.6) is 0 Å². The Morgan fingerprint density at radius 2 is 1.06 bits per heavy atom. The van der Waals surface area contributed by atoms with Gasteiger partial charge in [-0.2, -0.15) is 10.5 Å². The number of aliphatic hydroxyl groups is 2. The first kappa shape index (κ1) is 23.5. The van der Waals surface area contributed by atoms with Crippen LogP contribution in [0, 0.1) is 22.7 Å².